The zero-order valence-electron chi connectivity index (χ0n) is 28.6. The summed E-state index contributed by atoms with van der Waals surface area (Å²) >= 11 is 2.74. The highest BCUT2D eigenvalue weighted by molar-refractivity contribution is 7.19. The minimum Gasteiger partial charge on any atom is -0.478 e. The number of carboxylic acid groups (broad SMARTS) is 1. The second-order valence-corrected chi connectivity index (χ2v) is 15.5. The predicted octanol–water partition coefficient (Wildman–Crippen LogP) is 9.70. The smallest absolute Gasteiger partial charge is 0.337 e. The molecule has 0 aliphatic heterocycles. The molecule has 1 fully saturated rings. The standard InChI is InChI=1S/C40H34N8O2S2/c1-20-35(51-39(41)44-20)27-19-31-34(32(33(27)38(49)50)24-11-13-28-22(17-24)7-6-16-43-28)47-37(48(31)26-8-4-3-5-9-26)25-12-14-29-23(18-25)10-15-30(46-29)36-21(2)45-40(42)52-36/h6-7,10-19,26H,3-5,8-9H2,1-2H3,(H2,41,44)(H2,42,45)(H,49,50). The van der Waals surface area contributed by atoms with E-state index in [-0.39, 0.29) is 11.6 Å². The van der Waals surface area contributed by atoms with Crippen LogP contribution in [-0.4, -0.2) is 40.6 Å². The summed E-state index contributed by atoms with van der Waals surface area (Å²) in [5, 5.41) is 13.8. The average Bonchev–Trinajstić information content (AvgIpc) is 3.82. The first kappa shape index (κ1) is 32.2. The van der Waals surface area contributed by atoms with Crippen molar-refractivity contribution < 1.29 is 9.90 Å². The number of nitrogen functional groups attached to an aromatic ring is 2. The molecule has 9 rings (SSSR count). The highest BCUT2D eigenvalue weighted by atomic mass is 32.1. The number of nitrogens with zero attached hydrogens (tertiary/aromatic N) is 6. The first-order chi connectivity index (χ1) is 25.2. The van der Waals surface area contributed by atoms with E-state index in [2.05, 4.69) is 37.7 Å². The summed E-state index contributed by atoms with van der Waals surface area (Å²) in [5.74, 6) is -0.236. The first-order valence-electron chi connectivity index (χ1n) is 17.3. The van der Waals surface area contributed by atoms with Crippen LogP contribution in [0.1, 0.15) is 59.9 Å². The van der Waals surface area contributed by atoms with E-state index in [4.69, 9.17) is 21.4 Å². The number of imidazole rings is 1. The molecule has 0 saturated heterocycles. The largest absolute Gasteiger partial charge is 0.478 e. The van der Waals surface area contributed by atoms with E-state index in [1.54, 1.807) is 6.20 Å². The molecule has 12 heteroatoms. The van der Waals surface area contributed by atoms with Gasteiger partial charge in [0.05, 0.1) is 54.5 Å². The van der Waals surface area contributed by atoms with Crippen molar-refractivity contribution >= 4 is 71.7 Å². The Morgan fingerprint density at radius 3 is 2.21 bits per heavy atom. The summed E-state index contributed by atoms with van der Waals surface area (Å²) in [6, 6.07) is 22.3. The Balaban J connectivity index is 1.34. The minimum absolute atomic E-state index is 0.177. The third-order valence-corrected chi connectivity index (χ3v) is 12.1. The van der Waals surface area contributed by atoms with E-state index >= 15 is 0 Å². The summed E-state index contributed by atoms with van der Waals surface area (Å²) < 4.78 is 2.36. The maximum absolute atomic E-state index is 13.5. The fourth-order valence-electron chi connectivity index (χ4n) is 7.77. The van der Waals surface area contributed by atoms with Crippen LogP contribution in [0.5, 0.6) is 0 Å². The van der Waals surface area contributed by atoms with Crippen molar-refractivity contribution in [1.82, 2.24) is 29.5 Å². The van der Waals surface area contributed by atoms with Gasteiger partial charge < -0.3 is 21.1 Å². The Bertz CT molecular complexity index is 2720. The fourth-order valence-corrected chi connectivity index (χ4v) is 9.43. The molecule has 1 aliphatic rings. The number of benzene rings is 3. The van der Waals surface area contributed by atoms with Gasteiger partial charge in [0, 0.05) is 39.7 Å². The number of rotatable bonds is 6. The topological polar surface area (TPSA) is 159 Å². The molecule has 0 atom stereocenters. The van der Waals surface area contributed by atoms with Crippen molar-refractivity contribution in [3.05, 3.63) is 89.9 Å². The molecule has 1 saturated carbocycles. The Labute approximate surface area is 306 Å². The van der Waals surface area contributed by atoms with Crippen LogP contribution < -0.4 is 11.5 Å². The molecule has 10 nitrogen and oxygen atoms in total. The lowest BCUT2D eigenvalue weighted by Crippen LogP contribution is -2.14. The number of fused-ring (bicyclic) bond motifs is 3. The molecule has 0 unspecified atom stereocenters. The number of hydrogen-bond acceptors (Lipinski definition) is 10. The molecule has 1 aliphatic carbocycles. The lowest BCUT2D eigenvalue weighted by molar-refractivity contribution is 0.0698. The van der Waals surface area contributed by atoms with Gasteiger partial charge in [-0.1, -0.05) is 60.1 Å². The van der Waals surface area contributed by atoms with Crippen molar-refractivity contribution in [1.29, 1.82) is 0 Å². The SMILES string of the molecule is Cc1nc(N)sc1-c1ccc2cc(-c3nc4c(-c5ccc6ncccc6c5)c(C(=O)O)c(-c5sc(N)nc5C)cc4n3C3CCCCC3)ccc2n1. The molecule has 5 N–H and O–H groups in total. The van der Waals surface area contributed by atoms with E-state index in [0.29, 0.717) is 32.6 Å². The van der Waals surface area contributed by atoms with Gasteiger partial charge in [0.1, 0.15) is 5.82 Å². The molecule has 52 heavy (non-hydrogen) atoms. The third kappa shape index (κ3) is 5.37. The van der Waals surface area contributed by atoms with Crippen LogP contribution in [0.2, 0.25) is 0 Å². The number of pyridine rings is 2. The van der Waals surface area contributed by atoms with Gasteiger partial charge >= 0.3 is 5.97 Å². The molecule has 3 aromatic carbocycles. The van der Waals surface area contributed by atoms with E-state index < -0.39 is 5.97 Å². The van der Waals surface area contributed by atoms with Crippen molar-refractivity contribution in [2.45, 2.75) is 52.0 Å². The minimum atomic E-state index is -1.04. The highest BCUT2D eigenvalue weighted by Gasteiger charge is 2.30. The van der Waals surface area contributed by atoms with Gasteiger partial charge in [-0.05, 0) is 80.8 Å². The first-order valence-corrected chi connectivity index (χ1v) is 18.9. The monoisotopic (exact) mass is 722 g/mol. The molecular weight excluding hydrogens is 689 g/mol. The molecule has 0 spiro atoms. The van der Waals surface area contributed by atoms with Gasteiger partial charge in [-0.3, -0.25) is 4.98 Å². The van der Waals surface area contributed by atoms with Crippen molar-refractivity contribution in [3.8, 4) is 43.5 Å². The number of carboxylic acids is 1. The van der Waals surface area contributed by atoms with Crippen LogP contribution in [0.25, 0.3) is 76.4 Å². The molecule has 5 heterocycles. The average molecular weight is 723 g/mol. The maximum Gasteiger partial charge on any atom is 0.337 e. The molecule has 8 aromatic rings. The molecular formula is C40H34N8O2S2. The van der Waals surface area contributed by atoms with E-state index in [1.807, 2.05) is 62.4 Å². The predicted molar refractivity (Wildman–Crippen MR) is 211 cm³/mol. The zero-order chi connectivity index (χ0) is 35.7. The van der Waals surface area contributed by atoms with Gasteiger partial charge in [0.15, 0.2) is 10.3 Å². The maximum atomic E-state index is 13.5. The van der Waals surface area contributed by atoms with Crippen molar-refractivity contribution in [2.24, 2.45) is 0 Å². The lowest BCUT2D eigenvalue weighted by atomic mass is 9.91. The number of nitrogens with two attached hydrogens (primary N) is 2. The van der Waals surface area contributed by atoms with Gasteiger partial charge in [0.2, 0.25) is 0 Å². The molecule has 5 aromatic heterocycles. The summed E-state index contributed by atoms with van der Waals surface area (Å²) in [6.45, 7) is 3.82. The number of aromatic nitrogens is 6. The van der Waals surface area contributed by atoms with Gasteiger partial charge in [0.25, 0.3) is 0 Å². The van der Waals surface area contributed by atoms with Crippen LogP contribution in [0, 0.1) is 13.8 Å². The number of hydrogen-bond donors (Lipinski definition) is 3. The molecule has 0 bridgehead atoms. The number of aryl methyl sites for hydroxylation is 2. The van der Waals surface area contributed by atoms with Crippen molar-refractivity contribution in [2.75, 3.05) is 11.5 Å². The fraction of sp³-hybridized carbons (Fsp3) is 0.200. The quantitative estimate of drug-likeness (QED) is 0.152. The van der Waals surface area contributed by atoms with Gasteiger partial charge in [-0.15, -0.1) is 0 Å². The molecule has 0 radical (unpaired) electrons. The van der Waals surface area contributed by atoms with Crippen LogP contribution in [0.3, 0.4) is 0 Å². The van der Waals surface area contributed by atoms with Crippen LogP contribution in [-0.2, 0) is 0 Å². The van der Waals surface area contributed by atoms with Crippen LogP contribution >= 0.6 is 22.7 Å². The second-order valence-electron chi connectivity index (χ2n) is 13.4. The Hall–Kier alpha value is -5.72. The van der Waals surface area contributed by atoms with E-state index in [1.165, 1.54) is 29.1 Å². The molecule has 0 amide bonds. The Kier molecular flexibility index (Phi) is 7.74. The van der Waals surface area contributed by atoms with Crippen molar-refractivity contribution in [3.63, 3.8) is 0 Å². The lowest BCUT2D eigenvalue weighted by Gasteiger charge is -2.26. The highest BCUT2D eigenvalue weighted by Crippen LogP contribution is 2.46. The van der Waals surface area contributed by atoms with Gasteiger partial charge in [-0.2, -0.15) is 0 Å². The summed E-state index contributed by atoms with van der Waals surface area (Å²) in [5.41, 5.74) is 20.9. The summed E-state index contributed by atoms with van der Waals surface area (Å²) in [4.78, 5) is 39.0. The van der Waals surface area contributed by atoms with Crippen LogP contribution in [0.4, 0.5) is 10.3 Å². The van der Waals surface area contributed by atoms with Gasteiger partial charge in [-0.25, -0.2) is 24.7 Å². The number of aromatic carboxylic acids is 1. The van der Waals surface area contributed by atoms with E-state index in [9.17, 15) is 9.90 Å². The third-order valence-electron chi connectivity index (χ3n) is 10.1. The van der Waals surface area contributed by atoms with Crippen LogP contribution in [0.15, 0.2) is 72.9 Å². The van der Waals surface area contributed by atoms with E-state index in [0.717, 1.165) is 91.1 Å². The Morgan fingerprint density at radius 1 is 0.788 bits per heavy atom. The molecule has 258 valence electrons. The summed E-state index contributed by atoms with van der Waals surface area (Å²) in [6.07, 6.45) is 7.20. The number of thiazole rings is 2. The Morgan fingerprint density at radius 2 is 1.48 bits per heavy atom. The second kappa shape index (κ2) is 12.5. The zero-order valence-corrected chi connectivity index (χ0v) is 30.2. The number of carbonyl (C=O) groups is 1. The normalized spacial score (nSPS) is 13.8. The summed E-state index contributed by atoms with van der Waals surface area (Å²) in [7, 11) is 0. The number of anilines is 2.